The van der Waals surface area contributed by atoms with Crippen LogP contribution in [0.1, 0.15) is 5.56 Å². The Balaban J connectivity index is 2.03. The number of hydrogen-bond donors (Lipinski definition) is 2. The van der Waals surface area contributed by atoms with E-state index < -0.39 is 17.6 Å². The molecule has 7 heteroatoms. The Labute approximate surface area is 144 Å². The highest BCUT2D eigenvalue weighted by Gasteiger charge is 2.15. The summed E-state index contributed by atoms with van der Waals surface area (Å²) in [6.07, 6.45) is 0. The minimum atomic E-state index is -0.586. The highest BCUT2D eigenvalue weighted by Crippen LogP contribution is 2.19. The van der Waals surface area contributed by atoms with Crippen LogP contribution in [0, 0.1) is 5.82 Å². The summed E-state index contributed by atoms with van der Waals surface area (Å²) in [6, 6.07) is 13.2. The van der Waals surface area contributed by atoms with Gasteiger partial charge in [-0.05, 0) is 23.8 Å². The quantitative estimate of drug-likeness (QED) is 0.806. The van der Waals surface area contributed by atoms with Gasteiger partial charge in [-0.3, -0.25) is 14.5 Å². The molecule has 0 spiro atoms. The van der Waals surface area contributed by atoms with Gasteiger partial charge in [-0.25, -0.2) is 4.39 Å². The van der Waals surface area contributed by atoms with Crippen LogP contribution in [-0.4, -0.2) is 29.8 Å². The van der Waals surface area contributed by atoms with Crippen LogP contribution in [0.2, 0.25) is 5.02 Å². The van der Waals surface area contributed by atoms with Crippen LogP contribution in [0.3, 0.4) is 0 Å². The number of rotatable bonds is 7. The van der Waals surface area contributed by atoms with Gasteiger partial charge in [-0.2, -0.15) is 0 Å². The number of primary amides is 1. The second-order valence-corrected chi connectivity index (χ2v) is 5.71. The molecule has 0 aliphatic carbocycles. The van der Waals surface area contributed by atoms with E-state index >= 15 is 0 Å². The monoisotopic (exact) mass is 349 g/mol. The second kappa shape index (κ2) is 8.42. The molecule has 2 rings (SSSR count). The van der Waals surface area contributed by atoms with Crippen molar-refractivity contribution < 1.29 is 14.0 Å². The van der Waals surface area contributed by atoms with Gasteiger partial charge in [-0.1, -0.05) is 41.9 Å². The lowest BCUT2D eigenvalue weighted by atomic mass is 10.2. The van der Waals surface area contributed by atoms with E-state index in [9.17, 15) is 14.0 Å². The van der Waals surface area contributed by atoms with Crippen molar-refractivity contribution in [3.8, 4) is 0 Å². The van der Waals surface area contributed by atoms with Gasteiger partial charge in [0.15, 0.2) is 0 Å². The molecule has 0 atom stereocenters. The third-order valence-corrected chi connectivity index (χ3v) is 3.43. The molecule has 2 aromatic rings. The topological polar surface area (TPSA) is 75.4 Å². The van der Waals surface area contributed by atoms with Crippen molar-refractivity contribution in [2.45, 2.75) is 6.54 Å². The molecule has 0 fully saturated rings. The van der Waals surface area contributed by atoms with Crippen LogP contribution in [0.15, 0.2) is 48.5 Å². The molecule has 0 saturated heterocycles. The molecule has 2 amide bonds. The number of nitrogens with two attached hydrogens (primary N) is 1. The van der Waals surface area contributed by atoms with Gasteiger partial charge in [0, 0.05) is 11.6 Å². The van der Waals surface area contributed by atoms with E-state index in [0.29, 0.717) is 11.6 Å². The highest BCUT2D eigenvalue weighted by atomic mass is 35.5. The van der Waals surface area contributed by atoms with Gasteiger partial charge in [0.1, 0.15) is 5.82 Å². The van der Waals surface area contributed by atoms with Crippen molar-refractivity contribution in [2.75, 3.05) is 18.4 Å². The molecule has 0 aliphatic heterocycles. The van der Waals surface area contributed by atoms with E-state index in [1.165, 1.54) is 18.2 Å². The fourth-order valence-electron chi connectivity index (χ4n) is 2.22. The minimum absolute atomic E-state index is 0.00811. The molecule has 0 saturated carbocycles. The smallest absolute Gasteiger partial charge is 0.238 e. The van der Waals surface area contributed by atoms with Crippen molar-refractivity contribution in [3.05, 3.63) is 64.9 Å². The summed E-state index contributed by atoms with van der Waals surface area (Å²) < 4.78 is 13.7. The van der Waals surface area contributed by atoms with Crippen LogP contribution in [-0.2, 0) is 16.1 Å². The first-order valence-corrected chi connectivity index (χ1v) is 7.61. The lowest BCUT2D eigenvalue weighted by Crippen LogP contribution is -2.38. The first-order valence-electron chi connectivity index (χ1n) is 7.23. The largest absolute Gasteiger partial charge is 0.369 e. The fraction of sp³-hybridized carbons (Fsp3) is 0.176. The average Bonchev–Trinajstić information content (AvgIpc) is 2.51. The van der Waals surface area contributed by atoms with E-state index in [1.54, 1.807) is 4.90 Å². The Bertz CT molecular complexity index is 725. The number of carbonyl (C=O) groups is 2. The van der Waals surface area contributed by atoms with Crippen molar-refractivity contribution >= 4 is 29.1 Å². The van der Waals surface area contributed by atoms with E-state index in [1.807, 2.05) is 30.3 Å². The van der Waals surface area contributed by atoms with Crippen molar-refractivity contribution in [2.24, 2.45) is 5.73 Å². The molecule has 24 heavy (non-hydrogen) atoms. The van der Waals surface area contributed by atoms with Gasteiger partial charge in [0.2, 0.25) is 11.8 Å². The number of nitrogens with one attached hydrogen (secondary N) is 1. The third-order valence-electron chi connectivity index (χ3n) is 3.20. The predicted molar refractivity (Wildman–Crippen MR) is 91.0 cm³/mol. The number of hydrogen-bond acceptors (Lipinski definition) is 3. The van der Waals surface area contributed by atoms with Crippen LogP contribution in [0.4, 0.5) is 10.1 Å². The normalized spacial score (nSPS) is 10.6. The maximum absolute atomic E-state index is 13.7. The zero-order valence-electron chi connectivity index (χ0n) is 12.8. The number of nitrogens with zero attached hydrogens (tertiary/aromatic N) is 1. The number of carbonyl (C=O) groups excluding carboxylic acids is 2. The second-order valence-electron chi connectivity index (χ2n) is 5.27. The van der Waals surface area contributed by atoms with Crippen LogP contribution in [0.5, 0.6) is 0 Å². The molecule has 5 nitrogen and oxygen atoms in total. The molecular weight excluding hydrogens is 333 g/mol. The number of benzene rings is 2. The molecule has 0 radical (unpaired) electrons. The number of anilines is 1. The van der Waals surface area contributed by atoms with Gasteiger partial charge in [-0.15, -0.1) is 0 Å². The van der Waals surface area contributed by atoms with E-state index in [4.69, 9.17) is 17.3 Å². The summed E-state index contributed by atoms with van der Waals surface area (Å²) in [7, 11) is 0. The van der Waals surface area contributed by atoms with E-state index in [0.717, 1.165) is 5.56 Å². The van der Waals surface area contributed by atoms with Gasteiger partial charge in [0.05, 0.1) is 18.8 Å². The Hall–Kier alpha value is -2.44. The summed E-state index contributed by atoms with van der Waals surface area (Å²) in [5.74, 6) is -1.60. The molecule has 126 valence electrons. The zero-order valence-corrected chi connectivity index (χ0v) is 13.6. The Morgan fingerprint density at radius 2 is 1.83 bits per heavy atom. The summed E-state index contributed by atoms with van der Waals surface area (Å²) in [5, 5.41) is 2.76. The first-order chi connectivity index (χ1) is 11.4. The van der Waals surface area contributed by atoms with Crippen molar-refractivity contribution in [3.63, 3.8) is 0 Å². The molecule has 0 unspecified atom stereocenters. The Kier molecular flexibility index (Phi) is 6.28. The van der Waals surface area contributed by atoms with E-state index in [2.05, 4.69) is 5.32 Å². The van der Waals surface area contributed by atoms with Crippen molar-refractivity contribution in [1.82, 2.24) is 4.90 Å². The van der Waals surface area contributed by atoms with Gasteiger partial charge >= 0.3 is 0 Å². The molecule has 0 aromatic heterocycles. The summed E-state index contributed by atoms with van der Waals surface area (Å²) in [4.78, 5) is 24.9. The predicted octanol–water partition coefficient (Wildman–Crippen LogP) is 2.41. The van der Waals surface area contributed by atoms with Crippen LogP contribution < -0.4 is 11.1 Å². The minimum Gasteiger partial charge on any atom is -0.369 e. The summed E-state index contributed by atoms with van der Waals surface area (Å²) >= 11 is 5.79. The van der Waals surface area contributed by atoms with Gasteiger partial charge < -0.3 is 11.1 Å². The molecule has 0 heterocycles. The number of halogens is 2. The first kappa shape index (κ1) is 17.9. The maximum atomic E-state index is 13.7. The number of amides is 2. The standard InChI is InChI=1S/C17H17ClFN3O2/c18-13-6-7-14(19)15(8-13)21-17(24)11-22(10-16(20)23)9-12-4-2-1-3-5-12/h1-8H,9-11H2,(H2,20,23)(H,21,24). The summed E-state index contributed by atoms with van der Waals surface area (Å²) in [6.45, 7) is 0.180. The Morgan fingerprint density at radius 3 is 2.50 bits per heavy atom. The fourth-order valence-corrected chi connectivity index (χ4v) is 2.39. The van der Waals surface area contributed by atoms with Crippen molar-refractivity contribution in [1.29, 1.82) is 0 Å². The molecular formula is C17H17ClFN3O2. The lowest BCUT2D eigenvalue weighted by molar-refractivity contribution is -0.121. The van der Waals surface area contributed by atoms with Crippen LogP contribution >= 0.6 is 11.6 Å². The zero-order chi connectivity index (χ0) is 17.5. The third kappa shape index (κ3) is 5.64. The molecule has 0 aliphatic rings. The Morgan fingerprint density at radius 1 is 1.12 bits per heavy atom. The SMILES string of the molecule is NC(=O)CN(CC(=O)Nc1cc(Cl)ccc1F)Cc1ccccc1. The van der Waals surface area contributed by atoms with Gasteiger partial charge in [0.25, 0.3) is 0 Å². The van der Waals surface area contributed by atoms with E-state index in [-0.39, 0.29) is 18.8 Å². The molecule has 0 bridgehead atoms. The summed E-state index contributed by atoms with van der Waals surface area (Å²) in [5.41, 5.74) is 6.15. The highest BCUT2D eigenvalue weighted by molar-refractivity contribution is 6.30. The average molecular weight is 350 g/mol. The lowest BCUT2D eigenvalue weighted by Gasteiger charge is -2.20. The van der Waals surface area contributed by atoms with Crippen LogP contribution in [0.25, 0.3) is 0 Å². The maximum Gasteiger partial charge on any atom is 0.238 e. The molecule has 3 N–H and O–H groups in total. The molecule has 2 aromatic carbocycles.